The predicted octanol–water partition coefficient (Wildman–Crippen LogP) is 5.50. The van der Waals surface area contributed by atoms with Crippen LogP contribution in [0.5, 0.6) is 5.75 Å². The van der Waals surface area contributed by atoms with Gasteiger partial charge in [-0.05, 0) is 85.1 Å². The molecule has 0 atom stereocenters. The van der Waals surface area contributed by atoms with Crippen LogP contribution in [0.3, 0.4) is 0 Å². The Balaban J connectivity index is 1.19. The minimum Gasteiger partial charge on any atom is -0.491 e. The van der Waals surface area contributed by atoms with E-state index in [4.69, 9.17) is 4.74 Å². The standard InChI is InChI=1S/C33H32FN7O3S/c1-45(42,43)37-17-21-11-22(13-25(34)12-21)27-5-4-6-30-28(27)16-31(38-30)32-29-15-24(19-36-33(29)40-39-32)23-14-26(20-35-18-23)44-10-9-41-7-2-3-8-41/h4-6,11-16,18-20,37-38H,2-3,7-10,17H2,1H3,(H,36,39,40). The molecule has 45 heavy (non-hydrogen) atoms. The van der Waals surface area contributed by atoms with E-state index >= 15 is 0 Å². The Morgan fingerprint density at radius 3 is 2.67 bits per heavy atom. The van der Waals surface area contributed by atoms with Crippen LogP contribution in [0.4, 0.5) is 4.39 Å². The van der Waals surface area contributed by atoms with Crippen molar-refractivity contribution in [1.29, 1.82) is 0 Å². The van der Waals surface area contributed by atoms with E-state index in [9.17, 15) is 12.8 Å². The molecule has 230 valence electrons. The normalized spacial score (nSPS) is 14.1. The molecule has 1 saturated heterocycles. The van der Waals surface area contributed by atoms with Gasteiger partial charge in [-0.1, -0.05) is 12.1 Å². The summed E-state index contributed by atoms with van der Waals surface area (Å²) in [7, 11) is -3.42. The molecule has 7 rings (SSSR count). The summed E-state index contributed by atoms with van der Waals surface area (Å²) in [6, 6.07) is 16.4. The number of likely N-dealkylation sites (tertiary alicyclic amines) is 1. The average Bonchev–Trinajstić information content (AvgIpc) is 3.79. The molecule has 0 bridgehead atoms. The third-order valence-electron chi connectivity index (χ3n) is 8.07. The molecule has 5 heterocycles. The minimum absolute atomic E-state index is 0.00339. The number of halogens is 1. The number of nitrogens with one attached hydrogen (secondary N) is 3. The summed E-state index contributed by atoms with van der Waals surface area (Å²) in [5.41, 5.74) is 6.75. The number of aromatic amines is 2. The zero-order chi connectivity index (χ0) is 31.0. The summed E-state index contributed by atoms with van der Waals surface area (Å²) in [5, 5.41) is 9.28. The van der Waals surface area contributed by atoms with Crippen LogP contribution in [0, 0.1) is 5.82 Å². The molecule has 1 aliphatic rings. The second kappa shape index (κ2) is 12.0. The number of pyridine rings is 2. The maximum atomic E-state index is 14.6. The Labute approximate surface area is 259 Å². The highest BCUT2D eigenvalue weighted by atomic mass is 32.2. The molecule has 6 aromatic rings. The molecule has 0 radical (unpaired) electrons. The van der Waals surface area contributed by atoms with Gasteiger partial charge >= 0.3 is 0 Å². The van der Waals surface area contributed by atoms with E-state index in [0.717, 1.165) is 76.0 Å². The van der Waals surface area contributed by atoms with E-state index in [2.05, 4.69) is 34.8 Å². The molecule has 0 unspecified atom stereocenters. The quantitative estimate of drug-likeness (QED) is 0.183. The maximum Gasteiger partial charge on any atom is 0.209 e. The molecular formula is C33H32FN7O3S. The van der Waals surface area contributed by atoms with Crippen LogP contribution in [0.2, 0.25) is 0 Å². The first-order chi connectivity index (χ1) is 21.8. The third-order valence-corrected chi connectivity index (χ3v) is 8.74. The predicted molar refractivity (Wildman–Crippen MR) is 173 cm³/mol. The summed E-state index contributed by atoms with van der Waals surface area (Å²) in [6.07, 6.45) is 8.89. The van der Waals surface area contributed by atoms with Crippen molar-refractivity contribution in [3.05, 3.63) is 84.6 Å². The number of aromatic nitrogens is 5. The van der Waals surface area contributed by atoms with Gasteiger partial charge in [-0.2, -0.15) is 5.10 Å². The van der Waals surface area contributed by atoms with Gasteiger partial charge < -0.3 is 9.72 Å². The van der Waals surface area contributed by atoms with Gasteiger partial charge in [0.1, 0.15) is 18.2 Å². The molecular weight excluding hydrogens is 593 g/mol. The molecule has 0 saturated carbocycles. The fraction of sp³-hybridized carbons (Fsp3) is 0.242. The van der Waals surface area contributed by atoms with Gasteiger partial charge in [0.05, 0.1) is 23.8 Å². The molecule has 1 fully saturated rings. The van der Waals surface area contributed by atoms with Crippen LogP contribution in [0.15, 0.2) is 73.2 Å². The molecule has 0 amide bonds. The fourth-order valence-electron chi connectivity index (χ4n) is 5.88. The van der Waals surface area contributed by atoms with Crippen molar-refractivity contribution in [1.82, 2.24) is 34.8 Å². The Hall–Kier alpha value is -4.65. The van der Waals surface area contributed by atoms with E-state index in [-0.39, 0.29) is 6.54 Å². The number of benzene rings is 2. The Kier molecular flexibility index (Phi) is 7.78. The van der Waals surface area contributed by atoms with Gasteiger partial charge in [0, 0.05) is 52.9 Å². The molecule has 4 aromatic heterocycles. The number of nitrogens with zero attached hydrogens (tertiary/aromatic N) is 4. The number of hydrogen-bond acceptors (Lipinski definition) is 7. The molecule has 12 heteroatoms. The number of ether oxygens (including phenoxy) is 1. The second-order valence-corrected chi connectivity index (χ2v) is 13.2. The van der Waals surface area contributed by atoms with Crippen LogP contribution in [-0.4, -0.2) is 71.0 Å². The summed E-state index contributed by atoms with van der Waals surface area (Å²) < 4.78 is 46.3. The molecule has 1 aliphatic heterocycles. The van der Waals surface area contributed by atoms with Crippen LogP contribution < -0.4 is 9.46 Å². The van der Waals surface area contributed by atoms with Gasteiger partial charge in [0.25, 0.3) is 0 Å². The first-order valence-electron chi connectivity index (χ1n) is 14.8. The van der Waals surface area contributed by atoms with Crippen molar-refractivity contribution in [2.45, 2.75) is 19.4 Å². The zero-order valence-corrected chi connectivity index (χ0v) is 25.5. The van der Waals surface area contributed by atoms with Gasteiger partial charge in [-0.25, -0.2) is 22.5 Å². The maximum absolute atomic E-state index is 14.6. The fourth-order valence-corrected chi connectivity index (χ4v) is 6.31. The van der Waals surface area contributed by atoms with Gasteiger partial charge in [0.2, 0.25) is 10.0 Å². The highest BCUT2D eigenvalue weighted by molar-refractivity contribution is 7.88. The molecule has 10 nitrogen and oxygen atoms in total. The second-order valence-electron chi connectivity index (χ2n) is 11.4. The van der Waals surface area contributed by atoms with Crippen molar-refractivity contribution in [2.75, 3.05) is 32.5 Å². The highest BCUT2D eigenvalue weighted by Crippen LogP contribution is 2.35. The van der Waals surface area contributed by atoms with Crippen LogP contribution in [-0.2, 0) is 16.6 Å². The topological polar surface area (TPSA) is 129 Å². The molecule has 2 aromatic carbocycles. The number of H-pyrrole nitrogens is 2. The van der Waals surface area contributed by atoms with Crippen LogP contribution in [0.25, 0.3) is 55.6 Å². The number of rotatable bonds is 10. The van der Waals surface area contributed by atoms with E-state index in [1.165, 1.54) is 25.0 Å². The summed E-state index contributed by atoms with van der Waals surface area (Å²) in [5.74, 6) is 0.272. The lowest BCUT2D eigenvalue weighted by Crippen LogP contribution is -2.25. The van der Waals surface area contributed by atoms with Crippen molar-refractivity contribution in [3.63, 3.8) is 0 Å². The van der Waals surface area contributed by atoms with Crippen LogP contribution in [0.1, 0.15) is 18.4 Å². The van der Waals surface area contributed by atoms with Crippen molar-refractivity contribution in [2.24, 2.45) is 0 Å². The van der Waals surface area contributed by atoms with Gasteiger partial charge in [0.15, 0.2) is 5.65 Å². The molecule has 0 spiro atoms. The Morgan fingerprint density at radius 1 is 0.978 bits per heavy atom. The number of hydrogen-bond donors (Lipinski definition) is 3. The lowest BCUT2D eigenvalue weighted by Gasteiger charge is -2.15. The summed E-state index contributed by atoms with van der Waals surface area (Å²) >= 11 is 0. The van der Waals surface area contributed by atoms with Crippen molar-refractivity contribution < 1.29 is 17.5 Å². The van der Waals surface area contributed by atoms with E-state index in [1.54, 1.807) is 24.7 Å². The number of fused-ring (bicyclic) bond motifs is 2. The van der Waals surface area contributed by atoms with E-state index in [0.29, 0.717) is 23.4 Å². The third kappa shape index (κ3) is 6.44. The van der Waals surface area contributed by atoms with Crippen LogP contribution >= 0.6 is 0 Å². The minimum atomic E-state index is -3.42. The largest absolute Gasteiger partial charge is 0.491 e. The average molecular weight is 626 g/mol. The first kappa shape index (κ1) is 29.1. The lowest BCUT2D eigenvalue weighted by molar-refractivity contribution is 0.237. The monoisotopic (exact) mass is 625 g/mol. The highest BCUT2D eigenvalue weighted by Gasteiger charge is 2.16. The smallest absolute Gasteiger partial charge is 0.209 e. The van der Waals surface area contributed by atoms with Crippen molar-refractivity contribution in [3.8, 4) is 39.4 Å². The molecule has 3 N–H and O–H groups in total. The summed E-state index contributed by atoms with van der Waals surface area (Å²) in [6.45, 7) is 3.79. The zero-order valence-electron chi connectivity index (χ0n) is 24.7. The van der Waals surface area contributed by atoms with E-state index in [1.807, 2.05) is 36.4 Å². The lowest BCUT2D eigenvalue weighted by atomic mass is 9.99. The van der Waals surface area contributed by atoms with E-state index < -0.39 is 15.8 Å². The van der Waals surface area contributed by atoms with Gasteiger partial charge in [-0.3, -0.25) is 15.0 Å². The molecule has 0 aliphatic carbocycles. The first-order valence-corrected chi connectivity index (χ1v) is 16.7. The van der Waals surface area contributed by atoms with Gasteiger partial charge in [-0.15, -0.1) is 0 Å². The Bertz CT molecular complexity index is 2120. The SMILES string of the molecule is CS(=O)(=O)NCc1cc(F)cc(-c2cccc3[nH]c(-c4[nH]nc5ncc(-c6cncc(OCCN7CCCC7)c6)cc45)cc23)c1. The Morgan fingerprint density at radius 2 is 1.82 bits per heavy atom. The number of sulfonamides is 1. The summed E-state index contributed by atoms with van der Waals surface area (Å²) in [4.78, 5) is 14.9. The van der Waals surface area contributed by atoms with Crippen molar-refractivity contribution >= 4 is 32.0 Å².